The van der Waals surface area contributed by atoms with Gasteiger partial charge in [0.15, 0.2) is 0 Å². The molecule has 0 aliphatic carbocycles. The van der Waals surface area contributed by atoms with Crippen LogP contribution in [-0.2, 0) is 4.79 Å². The van der Waals surface area contributed by atoms with Crippen molar-refractivity contribution in [3.8, 4) is 0 Å². The van der Waals surface area contributed by atoms with Gasteiger partial charge in [0.05, 0.1) is 29.8 Å². The van der Waals surface area contributed by atoms with Gasteiger partial charge in [-0.25, -0.2) is 0 Å². The van der Waals surface area contributed by atoms with Crippen molar-refractivity contribution in [3.05, 3.63) is 18.0 Å². The lowest BCUT2D eigenvalue weighted by Crippen LogP contribution is -2.39. The van der Waals surface area contributed by atoms with Crippen molar-refractivity contribution in [2.75, 3.05) is 30.7 Å². The van der Waals surface area contributed by atoms with E-state index in [1.54, 1.807) is 12.3 Å². The molecule has 5 heteroatoms. The summed E-state index contributed by atoms with van der Waals surface area (Å²) in [5.41, 5.74) is 7.82. The third-order valence-electron chi connectivity index (χ3n) is 3.52. The van der Waals surface area contributed by atoms with Crippen LogP contribution in [-0.4, -0.2) is 35.4 Å². The summed E-state index contributed by atoms with van der Waals surface area (Å²) in [7, 11) is 0. The maximum absolute atomic E-state index is 12.0. The van der Waals surface area contributed by atoms with Crippen LogP contribution in [0.3, 0.4) is 0 Å². The number of hydrogen-bond donors (Lipinski definition) is 2. The molecule has 19 heavy (non-hydrogen) atoms. The Morgan fingerprint density at radius 3 is 3.11 bits per heavy atom. The largest absolute Gasteiger partial charge is 0.397 e. The number of hydrogen-bond acceptors (Lipinski definition) is 4. The van der Waals surface area contributed by atoms with E-state index in [1.807, 2.05) is 6.92 Å². The molecule has 5 nitrogen and oxygen atoms in total. The van der Waals surface area contributed by atoms with E-state index >= 15 is 0 Å². The normalized spacial score (nSPS) is 20.2. The molecule has 1 aromatic heterocycles. The van der Waals surface area contributed by atoms with Crippen LogP contribution < -0.4 is 11.1 Å². The number of aromatic nitrogens is 1. The lowest BCUT2D eigenvalue weighted by molar-refractivity contribution is -0.117. The number of nitrogens with one attached hydrogen (secondary N) is 1. The number of piperidine rings is 1. The summed E-state index contributed by atoms with van der Waals surface area (Å²) in [5.74, 6) is 0.678. The van der Waals surface area contributed by atoms with Crippen molar-refractivity contribution in [3.63, 3.8) is 0 Å². The third kappa shape index (κ3) is 3.92. The molecule has 1 amide bonds. The Labute approximate surface area is 114 Å². The van der Waals surface area contributed by atoms with Crippen molar-refractivity contribution in [1.29, 1.82) is 0 Å². The Balaban J connectivity index is 1.88. The van der Waals surface area contributed by atoms with Gasteiger partial charge in [-0.3, -0.25) is 14.7 Å². The number of nitrogens with two attached hydrogens (primary N) is 1. The number of carbonyl (C=O) groups excluding carboxylic acids is 1. The van der Waals surface area contributed by atoms with Gasteiger partial charge in [-0.05, 0) is 38.3 Å². The zero-order chi connectivity index (χ0) is 13.8. The van der Waals surface area contributed by atoms with Gasteiger partial charge in [0.1, 0.15) is 0 Å². The average Bonchev–Trinajstić information content (AvgIpc) is 2.34. The second kappa shape index (κ2) is 6.02. The van der Waals surface area contributed by atoms with Crippen molar-refractivity contribution in [2.24, 2.45) is 5.92 Å². The lowest BCUT2D eigenvalue weighted by Gasteiger charge is -2.30. The second-order valence-electron chi connectivity index (χ2n) is 5.43. The van der Waals surface area contributed by atoms with Crippen molar-refractivity contribution in [2.45, 2.75) is 26.7 Å². The van der Waals surface area contributed by atoms with Crippen LogP contribution in [0.15, 0.2) is 12.3 Å². The summed E-state index contributed by atoms with van der Waals surface area (Å²) < 4.78 is 0. The zero-order valence-electron chi connectivity index (χ0n) is 11.6. The number of pyridine rings is 1. The first kappa shape index (κ1) is 13.8. The fourth-order valence-electron chi connectivity index (χ4n) is 2.45. The molecule has 0 bridgehead atoms. The molecule has 0 spiro atoms. The summed E-state index contributed by atoms with van der Waals surface area (Å²) in [6.07, 6.45) is 4.08. The van der Waals surface area contributed by atoms with Gasteiger partial charge in [-0.15, -0.1) is 0 Å². The van der Waals surface area contributed by atoms with Crippen LogP contribution in [0.4, 0.5) is 11.4 Å². The van der Waals surface area contributed by atoms with Crippen LogP contribution >= 0.6 is 0 Å². The molecule has 0 aromatic carbocycles. The number of carbonyl (C=O) groups is 1. The number of aryl methyl sites for hydroxylation is 1. The van der Waals surface area contributed by atoms with Crippen LogP contribution in [0.2, 0.25) is 0 Å². The molecule has 2 heterocycles. The highest BCUT2D eigenvalue weighted by Gasteiger charge is 2.18. The highest BCUT2D eigenvalue weighted by atomic mass is 16.2. The van der Waals surface area contributed by atoms with E-state index in [0.717, 1.165) is 18.8 Å². The minimum atomic E-state index is -0.000784. The maximum Gasteiger partial charge on any atom is 0.238 e. The topological polar surface area (TPSA) is 71.2 Å². The van der Waals surface area contributed by atoms with Crippen molar-refractivity contribution < 1.29 is 4.79 Å². The first-order valence-electron chi connectivity index (χ1n) is 6.79. The molecule has 0 radical (unpaired) electrons. The molecule has 1 atom stereocenters. The molecule has 1 aliphatic heterocycles. The Hall–Kier alpha value is -1.62. The number of rotatable bonds is 3. The van der Waals surface area contributed by atoms with Gasteiger partial charge in [0, 0.05) is 6.54 Å². The summed E-state index contributed by atoms with van der Waals surface area (Å²) >= 11 is 0. The monoisotopic (exact) mass is 262 g/mol. The minimum absolute atomic E-state index is 0.000784. The van der Waals surface area contributed by atoms with Gasteiger partial charge >= 0.3 is 0 Å². The fourth-order valence-corrected chi connectivity index (χ4v) is 2.45. The molecule has 1 aliphatic rings. The smallest absolute Gasteiger partial charge is 0.238 e. The predicted molar refractivity (Wildman–Crippen MR) is 76.9 cm³/mol. The molecule has 0 unspecified atom stereocenters. The van der Waals surface area contributed by atoms with E-state index in [9.17, 15) is 4.79 Å². The predicted octanol–water partition coefficient (Wildman–Crippen LogP) is 1.64. The quantitative estimate of drug-likeness (QED) is 0.868. The molecular formula is C14H22N4O. The van der Waals surface area contributed by atoms with E-state index in [1.165, 1.54) is 12.8 Å². The molecule has 2 rings (SSSR count). The number of nitrogen functional groups attached to an aromatic ring is 1. The van der Waals surface area contributed by atoms with Crippen LogP contribution in [0.25, 0.3) is 0 Å². The summed E-state index contributed by atoms with van der Waals surface area (Å²) in [6, 6.07) is 1.75. The van der Waals surface area contributed by atoms with Gasteiger partial charge in [0.25, 0.3) is 0 Å². The van der Waals surface area contributed by atoms with Crippen LogP contribution in [0, 0.1) is 12.8 Å². The van der Waals surface area contributed by atoms with Crippen LogP contribution in [0.5, 0.6) is 0 Å². The fraction of sp³-hybridized carbons (Fsp3) is 0.571. The number of amides is 1. The van der Waals surface area contributed by atoms with Crippen molar-refractivity contribution in [1.82, 2.24) is 9.88 Å². The molecule has 104 valence electrons. The Morgan fingerprint density at radius 1 is 1.63 bits per heavy atom. The Bertz CT molecular complexity index is 461. The Morgan fingerprint density at radius 2 is 2.42 bits per heavy atom. The summed E-state index contributed by atoms with van der Waals surface area (Å²) in [6.45, 7) is 6.52. The SMILES string of the molecule is Cc1ncc(NC(=O)CN2CCC[C@H](C)C2)cc1N. The van der Waals surface area contributed by atoms with Gasteiger partial charge in [-0.1, -0.05) is 6.92 Å². The van der Waals surface area contributed by atoms with E-state index in [2.05, 4.69) is 22.1 Å². The van der Waals surface area contributed by atoms with E-state index in [0.29, 0.717) is 23.8 Å². The average molecular weight is 262 g/mol. The maximum atomic E-state index is 12.0. The molecular weight excluding hydrogens is 240 g/mol. The van der Waals surface area contributed by atoms with Gasteiger partial charge < -0.3 is 11.1 Å². The van der Waals surface area contributed by atoms with Gasteiger partial charge in [0.2, 0.25) is 5.91 Å². The van der Waals surface area contributed by atoms with E-state index in [4.69, 9.17) is 5.73 Å². The first-order valence-corrected chi connectivity index (χ1v) is 6.79. The molecule has 1 aromatic rings. The summed E-state index contributed by atoms with van der Waals surface area (Å²) in [4.78, 5) is 18.3. The molecule has 0 saturated carbocycles. The highest BCUT2D eigenvalue weighted by Crippen LogP contribution is 2.16. The zero-order valence-corrected chi connectivity index (χ0v) is 11.6. The van der Waals surface area contributed by atoms with Crippen LogP contribution in [0.1, 0.15) is 25.5 Å². The second-order valence-corrected chi connectivity index (χ2v) is 5.43. The molecule has 1 fully saturated rings. The molecule has 1 saturated heterocycles. The van der Waals surface area contributed by atoms with Crippen molar-refractivity contribution >= 4 is 17.3 Å². The van der Waals surface area contributed by atoms with E-state index < -0.39 is 0 Å². The van der Waals surface area contributed by atoms with E-state index in [-0.39, 0.29) is 5.91 Å². The Kier molecular flexibility index (Phi) is 4.37. The number of anilines is 2. The number of nitrogens with zero attached hydrogens (tertiary/aromatic N) is 2. The van der Waals surface area contributed by atoms with Gasteiger partial charge in [-0.2, -0.15) is 0 Å². The third-order valence-corrected chi connectivity index (χ3v) is 3.52. The standard InChI is InChI=1S/C14H22N4O/c1-10-4-3-5-18(8-10)9-14(19)17-12-6-13(15)11(2)16-7-12/h6-7,10H,3-5,8-9,15H2,1-2H3,(H,17,19)/t10-/m0/s1. The lowest BCUT2D eigenvalue weighted by atomic mass is 10.0. The highest BCUT2D eigenvalue weighted by molar-refractivity contribution is 5.92. The first-order chi connectivity index (χ1) is 9.04. The number of likely N-dealkylation sites (tertiary alicyclic amines) is 1. The summed E-state index contributed by atoms with van der Waals surface area (Å²) in [5, 5.41) is 2.85. The minimum Gasteiger partial charge on any atom is -0.397 e. The molecule has 3 N–H and O–H groups in total.